The normalized spacial score (nSPS) is 12.5. The Morgan fingerprint density at radius 2 is 1.87 bits per heavy atom. The van der Waals surface area contributed by atoms with Gasteiger partial charge in [0.15, 0.2) is 5.69 Å². The molecule has 5 aromatic rings. The second-order valence-corrected chi connectivity index (χ2v) is 9.41. The highest BCUT2D eigenvalue weighted by molar-refractivity contribution is 5.96. The highest BCUT2D eigenvalue weighted by atomic mass is 19.3. The van der Waals surface area contributed by atoms with Crippen molar-refractivity contribution in [3.8, 4) is 11.3 Å². The van der Waals surface area contributed by atoms with Crippen LogP contribution >= 0.6 is 0 Å². The number of rotatable bonds is 6. The summed E-state index contributed by atoms with van der Waals surface area (Å²) in [5.41, 5.74) is 2.62. The van der Waals surface area contributed by atoms with Crippen LogP contribution in [0.3, 0.4) is 0 Å². The van der Waals surface area contributed by atoms with Gasteiger partial charge in [-0.2, -0.15) is 5.10 Å². The van der Waals surface area contributed by atoms with E-state index in [0.717, 1.165) is 28.6 Å². The van der Waals surface area contributed by atoms with E-state index in [9.17, 15) is 22.8 Å². The molecule has 194 valence electrons. The molecule has 0 bridgehead atoms. The van der Waals surface area contributed by atoms with Crippen molar-refractivity contribution in [3.63, 3.8) is 0 Å². The number of hydrogen-bond donors (Lipinski definition) is 2. The number of halogens is 3. The van der Waals surface area contributed by atoms with Gasteiger partial charge in [-0.15, -0.1) is 0 Å². The molecule has 3 aromatic heterocycles. The van der Waals surface area contributed by atoms with Crippen LogP contribution in [0, 0.1) is 12.7 Å². The summed E-state index contributed by atoms with van der Waals surface area (Å²) in [7, 11) is 0. The molecule has 0 fully saturated rings. The lowest BCUT2D eigenvalue weighted by Gasteiger charge is -2.18. The van der Waals surface area contributed by atoms with Gasteiger partial charge >= 0.3 is 0 Å². The van der Waals surface area contributed by atoms with Gasteiger partial charge in [0.25, 0.3) is 17.9 Å². The predicted octanol–water partition coefficient (Wildman–Crippen LogP) is 5.54. The zero-order valence-electron chi connectivity index (χ0n) is 20.8. The largest absolute Gasteiger partial charge is 0.338 e. The topological polar surface area (TPSA) is 92.2 Å². The van der Waals surface area contributed by atoms with Crippen LogP contribution in [0.2, 0.25) is 0 Å². The summed E-state index contributed by atoms with van der Waals surface area (Å²) >= 11 is 0. The minimum Gasteiger partial charge on any atom is -0.338 e. The van der Waals surface area contributed by atoms with Gasteiger partial charge < -0.3 is 10.3 Å². The van der Waals surface area contributed by atoms with E-state index in [2.05, 4.69) is 20.4 Å². The van der Waals surface area contributed by atoms with Crippen molar-refractivity contribution in [3.05, 3.63) is 99.5 Å². The molecule has 0 radical (unpaired) electrons. The maximum absolute atomic E-state index is 13.9. The summed E-state index contributed by atoms with van der Waals surface area (Å²) in [5, 5.41) is 7.52. The van der Waals surface area contributed by atoms with Crippen molar-refractivity contribution < 1.29 is 18.0 Å². The fourth-order valence-corrected chi connectivity index (χ4v) is 4.61. The van der Waals surface area contributed by atoms with Crippen molar-refractivity contribution in [2.24, 2.45) is 0 Å². The number of nitrogens with one attached hydrogen (secondary N) is 2. The van der Waals surface area contributed by atoms with Gasteiger partial charge in [-0.3, -0.25) is 14.6 Å². The van der Waals surface area contributed by atoms with Crippen LogP contribution in [-0.4, -0.2) is 31.9 Å². The van der Waals surface area contributed by atoms with Crippen molar-refractivity contribution in [1.29, 1.82) is 0 Å². The molecule has 0 aliphatic heterocycles. The van der Waals surface area contributed by atoms with E-state index in [1.54, 1.807) is 26.2 Å². The highest BCUT2D eigenvalue weighted by Gasteiger charge is 2.30. The predicted molar refractivity (Wildman–Crippen MR) is 138 cm³/mol. The number of carbonyl (C=O) groups is 1. The number of carbonyl (C=O) groups excluding carboxylic acids is 1. The fraction of sp³-hybridized carbons (Fsp3) is 0.214. The van der Waals surface area contributed by atoms with Crippen molar-refractivity contribution in [1.82, 2.24) is 24.9 Å². The summed E-state index contributed by atoms with van der Waals surface area (Å²) in [6, 6.07) is 10.6. The van der Waals surface area contributed by atoms with Crippen LogP contribution in [0.4, 0.5) is 13.2 Å². The molecule has 1 unspecified atom stereocenters. The lowest BCUT2D eigenvalue weighted by molar-refractivity contribution is 0.0738. The summed E-state index contributed by atoms with van der Waals surface area (Å²) in [5.74, 6) is -1.92. The van der Waals surface area contributed by atoms with Crippen LogP contribution < -0.4 is 10.9 Å². The molecule has 2 aromatic carbocycles. The zero-order valence-corrected chi connectivity index (χ0v) is 20.8. The maximum Gasteiger partial charge on any atom is 0.274 e. The second kappa shape index (κ2) is 9.77. The smallest absolute Gasteiger partial charge is 0.274 e. The molecule has 0 saturated carbocycles. The molecule has 7 nitrogen and oxygen atoms in total. The first-order valence-corrected chi connectivity index (χ1v) is 12.0. The lowest BCUT2D eigenvalue weighted by Crippen LogP contribution is -2.34. The molecule has 5 rings (SSSR count). The van der Waals surface area contributed by atoms with Gasteiger partial charge in [0.2, 0.25) is 0 Å². The number of aromatic nitrogens is 4. The number of benzene rings is 2. The molecule has 0 aliphatic carbocycles. The number of alkyl halides is 2. The number of hydrogen-bond acceptors (Lipinski definition) is 4. The number of fused-ring (bicyclic) bond motifs is 2. The third-order valence-corrected chi connectivity index (χ3v) is 6.46. The molecule has 38 heavy (non-hydrogen) atoms. The molecular weight excluding hydrogens is 495 g/mol. The Morgan fingerprint density at radius 1 is 1.11 bits per heavy atom. The van der Waals surface area contributed by atoms with Crippen LogP contribution in [0.15, 0.2) is 65.7 Å². The molecule has 3 heterocycles. The highest BCUT2D eigenvalue weighted by Crippen LogP contribution is 2.28. The van der Waals surface area contributed by atoms with Crippen LogP contribution in [0.5, 0.6) is 0 Å². The van der Waals surface area contributed by atoms with Crippen LogP contribution in [0.1, 0.15) is 53.0 Å². The van der Waals surface area contributed by atoms with E-state index < -0.39 is 29.8 Å². The molecule has 0 aliphatic rings. The quantitative estimate of drug-likeness (QED) is 0.308. The molecule has 2 N–H and O–H groups in total. The first-order chi connectivity index (χ1) is 18.1. The van der Waals surface area contributed by atoms with E-state index >= 15 is 0 Å². The van der Waals surface area contributed by atoms with Crippen molar-refractivity contribution >= 4 is 22.3 Å². The summed E-state index contributed by atoms with van der Waals surface area (Å²) in [6.07, 6.45) is 0.197. The van der Waals surface area contributed by atoms with Gasteiger partial charge in [0, 0.05) is 22.7 Å². The van der Waals surface area contributed by atoms with Crippen molar-refractivity contribution in [2.75, 3.05) is 0 Å². The van der Waals surface area contributed by atoms with Gasteiger partial charge in [-0.1, -0.05) is 38.1 Å². The van der Waals surface area contributed by atoms with E-state index in [1.807, 2.05) is 31.2 Å². The summed E-state index contributed by atoms with van der Waals surface area (Å²) in [4.78, 5) is 33.8. The minimum atomic E-state index is -3.00. The molecule has 1 atom stereocenters. The standard InChI is InChI=1S/C28H24F3N5O2/c1-14(2)22-24(27(37)34-23(26(30)31)16-7-5-8-18(29)10-16)35-36-13-21(33-28(38)25(22)36)17-11-19-15(3)6-4-9-20(19)32-12-17/h4-14,23,26H,1-3H3,(H,33,38)(H,34,37). The Kier molecular flexibility index (Phi) is 6.48. The molecule has 1 amide bonds. The second-order valence-electron chi connectivity index (χ2n) is 9.41. The number of aryl methyl sites for hydroxylation is 1. The maximum atomic E-state index is 13.9. The minimum absolute atomic E-state index is 0.0811. The van der Waals surface area contributed by atoms with Crippen LogP contribution in [0.25, 0.3) is 27.7 Å². The molecular formula is C28H24F3N5O2. The summed E-state index contributed by atoms with van der Waals surface area (Å²) in [6.45, 7) is 5.51. The third kappa shape index (κ3) is 4.53. The number of H-pyrrole nitrogens is 1. The van der Waals surface area contributed by atoms with Gasteiger partial charge in [-0.25, -0.2) is 17.7 Å². The first kappa shape index (κ1) is 25.2. The SMILES string of the molecule is Cc1cccc2ncc(-c3cn4nc(C(=O)NC(c5cccc(F)c5)C(F)F)c(C(C)C)c4c(=O)[nH]3)cc12. The molecule has 0 spiro atoms. The lowest BCUT2D eigenvalue weighted by atomic mass is 10.0. The number of aromatic amines is 1. The van der Waals surface area contributed by atoms with E-state index in [0.29, 0.717) is 16.8 Å². The first-order valence-electron chi connectivity index (χ1n) is 12.0. The molecule has 0 saturated heterocycles. The Balaban J connectivity index is 1.59. The average Bonchev–Trinajstić information content (AvgIpc) is 3.28. The zero-order chi connectivity index (χ0) is 27.1. The Hall–Kier alpha value is -4.47. The van der Waals surface area contributed by atoms with E-state index in [-0.39, 0.29) is 22.7 Å². The number of amides is 1. The number of pyridine rings is 1. The van der Waals surface area contributed by atoms with Crippen LogP contribution in [-0.2, 0) is 0 Å². The van der Waals surface area contributed by atoms with Gasteiger partial charge in [-0.05, 0) is 48.2 Å². The Morgan fingerprint density at radius 3 is 2.58 bits per heavy atom. The Labute approximate surface area is 215 Å². The van der Waals surface area contributed by atoms with Crippen molar-refractivity contribution in [2.45, 2.75) is 39.2 Å². The third-order valence-electron chi connectivity index (χ3n) is 6.46. The van der Waals surface area contributed by atoms with E-state index in [4.69, 9.17) is 0 Å². The monoisotopic (exact) mass is 519 g/mol. The fourth-order valence-electron chi connectivity index (χ4n) is 4.61. The van der Waals surface area contributed by atoms with Gasteiger partial charge in [0.1, 0.15) is 17.4 Å². The number of nitrogens with zero attached hydrogens (tertiary/aromatic N) is 3. The van der Waals surface area contributed by atoms with E-state index in [1.165, 1.54) is 16.6 Å². The van der Waals surface area contributed by atoms with Gasteiger partial charge in [0.05, 0.1) is 17.4 Å². The average molecular weight is 520 g/mol. The molecule has 10 heteroatoms. The Bertz CT molecular complexity index is 1740. The summed E-state index contributed by atoms with van der Waals surface area (Å²) < 4.78 is 42.7.